The molecule has 140 valence electrons. The smallest absolute Gasteiger partial charge is 0.341 e. The summed E-state index contributed by atoms with van der Waals surface area (Å²) < 4.78 is 28.6. The second-order valence-electron chi connectivity index (χ2n) is 5.62. The number of aromatic hydroxyl groups is 1. The number of carboxylic acids is 1. The Morgan fingerprint density at radius 1 is 1.22 bits per heavy atom. The number of aliphatic hydroxyl groups excluding tert-OH is 1. The second-order valence-corrected chi connectivity index (χ2v) is 6.00. The third-order valence-corrected chi connectivity index (χ3v) is 4.37. The number of pyridine rings is 1. The van der Waals surface area contributed by atoms with Crippen LogP contribution in [-0.2, 0) is 6.61 Å². The summed E-state index contributed by atoms with van der Waals surface area (Å²) in [7, 11) is 0. The number of rotatable bonds is 3. The number of benzene rings is 2. The minimum Gasteiger partial charge on any atom is -0.504 e. The monoisotopic (exact) mass is 396 g/mol. The van der Waals surface area contributed by atoms with Crippen LogP contribution >= 0.6 is 11.6 Å². The van der Waals surface area contributed by atoms with E-state index in [1.54, 1.807) is 0 Å². The molecule has 0 aliphatic heterocycles. The minimum atomic E-state index is -1.60. The van der Waals surface area contributed by atoms with Gasteiger partial charge in [0.2, 0.25) is 5.43 Å². The number of carboxylic acid groups (broad SMARTS) is 1. The van der Waals surface area contributed by atoms with E-state index in [4.69, 9.17) is 17.3 Å². The Morgan fingerprint density at radius 2 is 1.89 bits per heavy atom. The first-order valence-corrected chi connectivity index (χ1v) is 7.73. The lowest BCUT2D eigenvalue weighted by Crippen LogP contribution is -2.19. The summed E-state index contributed by atoms with van der Waals surface area (Å²) in [5.74, 6) is -4.60. The first kappa shape index (κ1) is 18.6. The number of aromatic carboxylic acids is 1. The standard InChI is InChI=1S/C17H11ClF2N2O5/c18-13-14-7(2-10(20)16(13)25)15(24)8(17(26)27)4-22(14)12-3-11(21)9(19)1-6(12)5-23/h1-4,23,25H,5,21H2,(H,26,27). The number of halogens is 3. The lowest BCUT2D eigenvalue weighted by Gasteiger charge is -2.18. The first-order valence-electron chi connectivity index (χ1n) is 7.36. The van der Waals surface area contributed by atoms with Gasteiger partial charge in [-0.1, -0.05) is 11.6 Å². The molecule has 2 aromatic carbocycles. The highest BCUT2D eigenvalue weighted by molar-refractivity contribution is 6.36. The molecule has 0 bridgehead atoms. The van der Waals surface area contributed by atoms with E-state index in [2.05, 4.69) is 0 Å². The van der Waals surface area contributed by atoms with Gasteiger partial charge in [-0.2, -0.15) is 0 Å². The number of aliphatic hydroxyl groups is 1. The molecular formula is C17H11ClF2N2O5. The third kappa shape index (κ3) is 2.86. The SMILES string of the molecule is Nc1cc(-n2cc(C(=O)O)c(=O)c3cc(F)c(O)c(Cl)c32)c(CO)cc1F. The van der Waals surface area contributed by atoms with Gasteiger partial charge in [-0.3, -0.25) is 4.79 Å². The number of hydrogen-bond donors (Lipinski definition) is 4. The number of hydrogen-bond acceptors (Lipinski definition) is 5. The molecule has 3 rings (SSSR count). The molecule has 10 heteroatoms. The average molecular weight is 397 g/mol. The van der Waals surface area contributed by atoms with Crippen LogP contribution in [0.2, 0.25) is 5.02 Å². The highest BCUT2D eigenvalue weighted by Gasteiger charge is 2.22. The Balaban J connectivity index is 2.59. The van der Waals surface area contributed by atoms with Gasteiger partial charge in [0.15, 0.2) is 11.6 Å². The molecule has 5 N–H and O–H groups in total. The highest BCUT2D eigenvalue weighted by Crippen LogP contribution is 2.36. The van der Waals surface area contributed by atoms with E-state index in [9.17, 15) is 33.7 Å². The van der Waals surface area contributed by atoms with Crippen molar-refractivity contribution in [1.82, 2.24) is 4.57 Å². The largest absolute Gasteiger partial charge is 0.504 e. The predicted molar refractivity (Wildman–Crippen MR) is 93.4 cm³/mol. The second kappa shape index (κ2) is 6.53. The summed E-state index contributed by atoms with van der Waals surface area (Å²) in [4.78, 5) is 23.8. The Bertz CT molecular complexity index is 1180. The lowest BCUT2D eigenvalue weighted by molar-refractivity contribution is 0.0695. The number of nitrogens with zero attached hydrogens (tertiary/aromatic N) is 1. The topological polar surface area (TPSA) is 126 Å². The Morgan fingerprint density at radius 3 is 2.48 bits per heavy atom. The van der Waals surface area contributed by atoms with E-state index in [-0.39, 0.29) is 22.5 Å². The fourth-order valence-electron chi connectivity index (χ4n) is 2.72. The molecule has 1 heterocycles. The Labute approximate surface area is 154 Å². The zero-order valence-corrected chi connectivity index (χ0v) is 14.1. The number of anilines is 1. The van der Waals surface area contributed by atoms with Crippen LogP contribution in [0.3, 0.4) is 0 Å². The first-order chi connectivity index (χ1) is 12.7. The maximum atomic E-state index is 13.9. The number of nitrogens with two attached hydrogens (primary N) is 1. The summed E-state index contributed by atoms with van der Waals surface area (Å²) in [6.45, 7) is -0.659. The lowest BCUT2D eigenvalue weighted by atomic mass is 10.1. The van der Waals surface area contributed by atoms with Crippen LogP contribution in [0.5, 0.6) is 5.75 Å². The number of nitrogen functional groups attached to an aromatic ring is 1. The number of phenolic OH excluding ortho intramolecular Hbond substituents is 1. The van der Waals surface area contributed by atoms with Crippen molar-refractivity contribution >= 4 is 34.2 Å². The third-order valence-electron chi connectivity index (χ3n) is 4.01. The molecule has 0 aliphatic carbocycles. The molecule has 0 radical (unpaired) electrons. The van der Waals surface area contributed by atoms with E-state index in [0.29, 0.717) is 6.07 Å². The van der Waals surface area contributed by atoms with E-state index in [1.165, 1.54) is 0 Å². The van der Waals surface area contributed by atoms with E-state index in [0.717, 1.165) is 22.9 Å². The number of phenols is 1. The van der Waals surface area contributed by atoms with Crippen molar-refractivity contribution in [2.45, 2.75) is 6.61 Å². The van der Waals surface area contributed by atoms with E-state index < -0.39 is 51.4 Å². The maximum Gasteiger partial charge on any atom is 0.341 e. The molecule has 1 aromatic heterocycles. The molecular weight excluding hydrogens is 386 g/mol. The van der Waals surface area contributed by atoms with Crippen LogP contribution in [0.25, 0.3) is 16.6 Å². The van der Waals surface area contributed by atoms with Gasteiger partial charge in [-0.05, 0) is 18.2 Å². The van der Waals surface area contributed by atoms with Crippen LogP contribution in [-0.4, -0.2) is 25.9 Å². The summed E-state index contributed by atoms with van der Waals surface area (Å²) >= 11 is 5.99. The van der Waals surface area contributed by atoms with Crippen molar-refractivity contribution in [3.63, 3.8) is 0 Å². The van der Waals surface area contributed by atoms with Gasteiger partial charge in [0.1, 0.15) is 16.4 Å². The number of fused-ring (bicyclic) bond motifs is 1. The molecule has 0 saturated carbocycles. The van der Waals surface area contributed by atoms with E-state index in [1.807, 2.05) is 0 Å². The molecule has 3 aromatic rings. The average Bonchev–Trinajstić information content (AvgIpc) is 2.62. The summed E-state index contributed by atoms with van der Waals surface area (Å²) in [5, 5.41) is 27.6. The van der Waals surface area contributed by atoms with Crippen LogP contribution in [0.1, 0.15) is 15.9 Å². The highest BCUT2D eigenvalue weighted by atomic mass is 35.5. The molecule has 0 spiro atoms. The molecule has 0 amide bonds. The molecule has 0 unspecified atom stereocenters. The molecule has 7 nitrogen and oxygen atoms in total. The maximum absolute atomic E-state index is 13.9. The normalized spacial score (nSPS) is 11.1. The Kier molecular flexibility index (Phi) is 4.50. The summed E-state index contributed by atoms with van der Waals surface area (Å²) in [6, 6.07) is 2.66. The number of carbonyl (C=O) groups is 1. The van der Waals surface area contributed by atoms with Gasteiger partial charge >= 0.3 is 5.97 Å². The van der Waals surface area contributed by atoms with Crippen molar-refractivity contribution in [2.75, 3.05) is 5.73 Å². The van der Waals surface area contributed by atoms with Crippen LogP contribution in [0.4, 0.5) is 14.5 Å². The van der Waals surface area contributed by atoms with Gasteiger partial charge in [0.25, 0.3) is 0 Å². The zero-order valence-electron chi connectivity index (χ0n) is 13.3. The zero-order chi connectivity index (χ0) is 20.0. The minimum absolute atomic E-state index is 0.00296. The van der Waals surface area contributed by atoms with Crippen LogP contribution in [0.15, 0.2) is 29.2 Å². The van der Waals surface area contributed by atoms with Gasteiger partial charge in [-0.15, -0.1) is 0 Å². The molecule has 27 heavy (non-hydrogen) atoms. The number of aromatic nitrogens is 1. The summed E-state index contributed by atoms with van der Waals surface area (Å²) in [5.41, 5.74) is 3.23. The quantitative estimate of drug-likeness (QED) is 0.504. The van der Waals surface area contributed by atoms with Crippen LogP contribution < -0.4 is 11.2 Å². The van der Waals surface area contributed by atoms with Crippen molar-refractivity contribution in [3.05, 3.63) is 62.4 Å². The van der Waals surface area contributed by atoms with Crippen molar-refractivity contribution in [2.24, 2.45) is 0 Å². The fraction of sp³-hybridized carbons (Fsp3) is 0.0588. The van der Waals surface area contributed by atoms with E-state index >= 15 is 0 Å². The fourth-order valence-corrected chi connectivity index (χ4v) is 3.00. The van der Waals surface area contributed by atoms with Crippen LogP contribution in [0, 0.1) is 11.6 Å². The van der Waals surface area contributed by atoms with Gasteiger partial charge in [0.05, 0.1) is 28.9 Å². The molecule has 0 saturated heterocycles. The van der Waals surface area contributed by atoms with Gasteiger partial charge < -0.3 is 25.6 Å². The Hall–Kier alpha value is -3.17. The van der Waals surface area contributed by atoms with Crippen molar-refractivity contribution in [3.8, 4) is 11.4 Å². The van der Waals surface area contributed by atoms with Gasteiger partial charge in [0, 0.05) is 11.8 Å². The predicted octanol–water partition coefficient (Wildman–Crippen LogP) is 2.40. The molecule has 0 fully saturated rings. The van der Waals surface area contributed by atoms with Crippen molar-refractivity contribution < 1.29 is 28.9 Å². The molecule has 0 aliphatic rings. The summed E-state index contributed by atoms with van der Waals surface area (Å²) in [6.07, 6.45) is 0.877. The van der Waals surface area contributed by atoms with Crippen molar-refractivity contribution in [1.29, 1.82) is 0 Å². The molecule has 0 atom stereocenters. The van der Waals surface area contributed by atoms with Gasteiger partial charge in [-0.25, -0.2) is 13.6 Å².